The third-order valence-electron chi connectivity index (χ3n) is 3.18. The van der Waals surface area contributed by atoms with E-state index in [1.807, 2.05) is 24.3 Å². The van der Waals surface area contributed by atoms with E-state index >= 15 is 0 Å². The predicted molar refractivity (Wildman–Crippen MR) is 74.9 cm³/mol. The minimum Gasteiger partial charge on any atom is -0.493 e. The minimum atomic E-state index is 0.756. The number of nitrogens with one attached hydrogen (secondary N) is 1. The van der Waals surface area contributed by atoms with Gasteiger partial charge in [0.2, 0.25) is 0 Å². The molecule has 2 rings (SSSR count). The molecule has 1 fully saturated rings. The Bertz CT molecular complexity index is 349. The van der Waals surface area contributed by atoms with Gasteiger partial charge in [-0.2, -0.15) is 0 Å². The normalized spacial score (nSPS) is 17.3. The summed E-state index contributed by atoms with van der Waals surface area (Å²) in [6.07, 6.45) is 2.31. The van der Waals surface area contributed by atoms with Gasteiger partial charge in [0.25, 0.3) is 0 Å². The molecular weight excluding hydrogens is 226 g/mol. The lowest BCUT2D eigenvalue weighted by molar-refractivity contribution is 0.244. The van der Waals surface area contributed by atoms with Gasteiger partial charge >= 0.3 is 0 Å². The molecule has 1 aliphatic heterocycles. The highest BCUT2D eigenvalue weighted by Crippen LogP contribution is 2.14. The lowest BCUT2D eigenvalue weighted by Crippen LogP contribution is -2.29. The average Bonchev–Trinajstić information content (AvgIpc) is 2.63. The van der Waals surface area contributed by atoms with Crippen molar-refractivity contribution in [1.29, 1.82) is 0 Å². The number of anilines is 1. The van der Waals surface area contributed by atoms with Crippen LogP contribution in [0.5, 0.6) is 5.75 Å². The number of ether oxygens (including phenoxy) is 1. The van der Waals surface area contributed by atoms with E-state index in [0.717, 1.165) is 50.6 Å². The summed E-state index contributed by atoms with van der Waals surface area (Å²) in [7, 11) is 0. The van der Waals surface area contributed by atoms with Crippen molar-refractivity contribution in [2.75, 3.05) is 45.1 Å². The number of benzene rings is 1. The second kappa shape index (κ2) is 7.24. The van der Waals surface area contributed by atoms with Crippen molar-refractivity contribution in [3.63, 3.8) is 0 Å². The topological polar surface area (TPSA) is 50.5 Å². The molecule has 0 unspecified atom stereocenters. The number of rotatable bonds is 5. The number of hydrogen-bond donors (Lipinski definition) is 2. The summed E-state index contributed by atoms with van der Waals surface area (Å²) in [6.45, 7) is 6.48. The second-order valence-electron chi connectivity index (χ2n) is 4.72. The maximum Gasteiger partial charge on any atom is 0.121 e. The second-order valence-corrected chi connectivity index (χ2v) is 4.72. The molecule has 0 radical (unpaired) electrons. The van der Waals surface area contributed by atoms with Crippen molar-refractivity contribution in [3.8, 4) is 5.75 Å². The molecule has 18 heavy (non-hydrogen) atoms. The van der Waals surface area contributed by atoms with Crippen LogP contribution in [0.1, 0.15) is 12.8 Å². The molecule has 0 spiro atoms. The third kappa shape index (κ3) is 4.55. The summed E-state index contributed by atoms with van der Waals surface area (Å²) in [5.74, 6) is 0.868. The summed E-state index contributed by atoms with van der Waals surface area (Å²) < 4.78 is 5.69. The summed E-state index contributed by atoms with van der Waals surface area (Å²) in [6, 6.07) is 7.62. The minimum absolute atomic E-state index is 0.756. The fourth-order valence-corrected chi connectivity index (χ4v) is 2.21. The molecule has 0 amide bonds. The van der Waals surface area contributed by atoms with Gasteiger partial charge in [0, 0.05) is 31.4 Å². The van der Waals surface area contributed by atoms with Gasteiger partial charge in [-0.3, -0.25) is 0 Å². The standard InChI is InChI=1S/C14H23N3O/c15-13-4-1-5-14(12-13)18-11-3-9-17-8-2-6-16-7-10-17/h1,4-5,12,16H,2-3,6-11,15H2. The zero-order valence-corrected chi connectivity index (χ0v) is 10.9. The molecule has 1 saturated heterocycles. The smallest absolute Gasteiger partial charge is 0.121 e. The zero-order chi connectivity index (χ0) is 12.6. The first-order valence-corrected chi connectivity index (χ1v) is 6.76. The predicted octanol–water partition coefficient (Wildman–Crippen LogP) is 1.33. The molecule has 1 aromatic rings. The summed E-state index contributed by atoms with van der Waals surface area (Å²) in [5.41, 5.74) is 6.46. The van der Waals surface area contributed by atoms with Crippen molar-refractivity contribution in [3.05, 3.63) is 24.3 Å². The number of nitrogens with zero attached hydrogens (tertiary/aromatic N) is 1. The molecule has 4 nitrogen and oxygen atoms in total. The number of hydrogen-bond acceptors (Lipinski definition) is 4. The van der Waals surface area contributed by atoms with E-state index in [9.17, 15) is 0 Å². The van der Waals surface area contributed by atoms with E-state index in [4.69, 9.17) is 10.5 Å². The Balaban J connectivity index is 1.63. The molecule has 0 saturated carbocycles. The van der Waals surface area contributed by atoms with Gasteiger partial charge in [0.15, 0.2) is 0 Å². The molecule has 4 heteroatoms. The molecule has 1 aromatic carbocycles. The van der Waals surface area contributed by atoms with Crippen molar-refractivity contribution < 1.29 is 4.74 Å². The highest BCUT2D eigenvalue weighted by Gasteiger charge is 2.07. The molecular formula is C14H23N3O. The maximum absolute atomic E-state index is 5.70. The lowest BCUT2D eigenvalue weighted by atomic mass is 10.3. The van der Waals surface area contributed by atoms with Gasteiger partial charge in [0.1, 0.15) is 5.75 Å². The Morgan fingerprint density at radius 1 is 1.28 bits per heavy atom. The number of nitrogen functional groups attached to an aromatic ring is 1. The molecule has 0 aliphatic carbocycles. The Hall–Kier alpha value is -1.26. The Labute approximate surface area is 109 Å². The van der Waals surface area contributed by atoms with E-state index in [1.54, 1.807) is 0 Å². The van der Waals surface area contributed by atoms with Crippen LogP contribution >= 0.6 is 0 Å². The SMILES string of the molecule is Nc1cccc(OCCCN2CCCNCC2)c1. The van der Waals surface area contributed by atoms with Crippen LogP contribution in [0.25, 0.3) is 0 Å². The van der Waals surface area contributed by atoms with Crippen LogP contribution in [0.2, 0.25) is 0 Å². The van der Waals surface area contributed by atoms with Crippen molar-refractivity contribution in [1.82, 2.24) is 10.2 Å². The van der Waals surface area contributed by atoms with Gasteiger partial charge in [0.05, 0.1) is 6.61 Å². The fourth-order valence-electron chi connectivity index (χ4n) is 2.21. The van der Waals surface area contributed by atoms with Gasteiger partial charge in [-0.05, 0) is 38.1 Å². The van der Waals surface area contributed by atoms with E-state index in [2.05, 4.69) is 10.2 Å². The summed E-state index contributed by atoms with van der Waals surface area (Å²) in [4.78, 5) is 2.50. The van der Waals surface area contributed by atoms with Crippen LogP contribution in [-0.4, -0.2) is 44.2 Å². The molecule has 0 atom stereocenters. The van der Waals surface area contributed by atoms with E-state index in [-0.39, 0.29) is 0 Å². The highest BCUT2D eigenvalue weighted by molar-refractivity contribution is 5.43. The van der Waals surface area contributed by atoms with Crippen molar-refractivity contribution in [2.45, 2.75) is 12.8 Å². The van der Waals surface area contributed by atoms with Gasteiger partial charge in [-0.15, -0.1) is 0 Å². The highest BCUT2D eigenvalue weighted by atomic mass is 16.5. The first-order chi connectivity index (χ1) is 8.84. The molecule has 1 heterocycles. The lowest BCUT2D eigenvalue weighted by Gasteiger charge is -2.19. The van der Waals surface area contributed by atoms with Crippen LogP contribution in [0.4, 0.5) is 5.69 Å². The molecule has 0 bridgehead atoms. The van der Waals surface area contributed by atoms with E-state index in [1.165, 1.54) is 13.0 Å². The molecule has 1 aliphatic rings. The van der Waals surface area contributed by atoms with Crippen molar-refractivity contribution >= 4 is 5.69 Å². The van der Waals surface area contributed by atoms with Crippen molar-refractivity contribution in [2.24, 2.45) is 0 Å². The van der Waals surface area contributed by atoms with E-state index < -0.39 is 0 Å². The van der Waals surface area contributed by atoms with Gasteiger partial charge in [-0.1, -0.05) is 6.07 Å². The Morgan fingerprint density at radius 3 is 3.11 bits per heavy atom. The molecule has 100 valence electrons. The van der Waals surface area contributed by atoms with Crippen LogP contribution < -0.4 is 15.8 Å². The third-order valence-corrected chi connectivity index (χ3v) is 3.18. The molecule has 0 aromatic heterocycles. The Kier molecular flexibility index (Phi) is 5.30. The fraction of sp³-hybridized carbons (Fsp3) is 0.571. The number of nitrogens with two attached hydrogens (primary N) is 1. The zero-order valence-electron chi connectivity index (χ0n) is 10.9. The molecule has 3 N–H and O–H groups in total. The summed E-state index contributed by atoms with van der Waals surface area (Å²) >= 11 is 0. The van der Waals surface area contributed by atoms with Crippen LogP contribution in [0.15, 0.2) is 24.3 Å². The monoisotopic (exact) mass is 249 g/mol. The largest absolute Gasteiger partial charge is 0.493 e. The van der Waals surface area contributed by atoms with Gasteiger partial charge in [-0.25, -0.2) is 0 Å². The maximum atomic E-state index is 5.70. The summed E-state index contributed by atoms with van der Waals surface area (Å²) in [5, 5.41) is 3.41. The Morgan fingerprint density at radius 2 is 2.22 bits per heavy atom. The van der Waals surface area contributed by atoms with Gasteiger partial charge < -0.3 is 20.7 Å². The first kappa shape index (κ1) is 13.2. The van der Waals surface area contributed by atoms with Crippen LogP contribution in [-0.2, 0) is 0 Å². The quantitative estimate of drug-likeness (QED) is 0.610. The first-order valence-electron chi connectivity index (χ1n) is 6.76. The van der Waals surface area contributed by atoms with E-state index in [0.29, 0.717) is 0 Å². The van der Waals surface area contributed by atoms with Crippen LogP contribution in [0, 0.1) is 0 Å². The van der Waals surface area contributed by atoms with Crippen LogP contribution in [0.3, 0.4) is 0 Å². The average molecular weight is 249 g/mol.